The van der Waals surface area contributed by atoms with Crippen LogP contribution in [0.25, 0.3) is 0 Å². The van der Waals surface area contributed by atoms with E-state index >= 15 is 0 Å². The molecule has 24 heavy (non-hydrogen) atoms. The fourth-order valence-electron chi connectivity index (χ4n) is 6.88. The highest BCUT2D eigenvalue weighted by Gasteiger charge is 2.64. The van der Waals surface area contributed by atoms with Crippen LogP contribution in [0.15, 0.2) is 11.6 Å². The molecule has 4 aliphatic rings. The van der Waals surface area contributed by atoms with E-state index in [0.29, 0.717) is 18.8 Å². The summed E-state index contributed by atoms with van der Waals surface area (Å²) >= 11 is 0. The third kappa shape index (κ3) is 1.91. The molecule has 8 atom stereocenters. The Morgan fingerprint density at radius 3 is 2.50 bits per heavy atom. The van der Waals surface area contributed by atoms with Crippen LogP contribution >= 0.6 is 0 Å². The highest BCUT2D eigenvalue weighted by atomic mass is 16.3. The molecule has 0 heterocycles. The van der Waals surface area contributed by atoms with Crippen molar-refractivity contribution in [2.45, 2.75) is 76.6 Å². The molecule has 0 radical (unpaired) electrons. The Bertz CT molecular complexity index is 619. The van der Waals surface area contributed by atoms with Crippen LogP contribution in [0, 0.1) is 40.9 Å². The Kier molecular flexibility index (Phi) is 3.53. The zero-order valence-electron chi connectivity index (χ0n) is 14.8. The first-order valence-corrected chi connectivity index (χ1v) is 9.53. The molecule has 3 fully saturated rings. The minimum Gasteiger partial charge on any atom is -0.393 e. The molecule has 0 aromatic rings. The number of fused-ring (bicyclic) bond motifs is 5. The quantitative estimate of drug-likeness (QED) is 0.473. The SMILES string of the molecule is C#C[C@]1(O)CCC2C3C(CC[C@@]21C)[C@@]1(C)CC[C@H](O)CC1=C[C@@H]3O. The second kappa shape index (κ2) is 5.10. The van der Waals surface area contributed by atoms with Crippen molar-refractivity contribution in [2.75, 3.05) is 0 Å². The first-order valence-electron chi connectivity index (χ1n) is 9.53. The Morgan fingerprint density at radius 1 is 1.08 bits per heavy atom. The van der Waals surface area contributed by atoms with Crippen LogP contribution in [0.1, 0.15) is 58.8 Å². The number of hydrogen-bond donors (Lipinski definition) is 3. The average Bonchev–Trinajstić information content (AvgIpc) is 2.82. The molecule has 3 heteroatoms. The number of aliphatic hydroxyl groups excluding tert-OH is 2. The van der Waals surface area contributed by atoms with E-state index in [0.717, 1.165) is 32.1 Å². The molecule has 3 N–H and O–H groups in total. The molecule has 3 nitrogen and oxygen atoms in total. The summed E-state index contributed by atoms with van der Waals surface area (Å²) in [5, 5.41) is 32.0. The van der Waals surface area contributed by atoms with Gasteiger partial charge in [-0.1, -0.05) is 31.4 Å². The van der Waals surface area contributed by atoms with Crippen molar-refractivity contribution in [1.29, 1.82) is 0 Å². The molecule has 0 aromatic carbocycles. The van der Waals surface area contributed by atoms with Crippen molar-refractivity contribution in [3.05, 3.63) is 11.6 Å². The van der Waals surface area contributed by atoms with E-state index in [9.17, 15) is 15.3 Å². The van der Waals surface area contributed by atoms with Gasteiger partial charge < -0.3 is 15.3 Å². The first kappa shape index (κ1) is 16.6. The summed E-state index contributed by atoms with van der Waals surface area (Å²) in [5.41, 5.74) is 0.0145. The molecule has 132 valence electrons. The van der Waals surface area contributed by atoms with Gasteiger partial charge in [0.15, 0.2) is 0 Å². The van der Waals surface area contributed by atoms with Gasteiger partial charge in [0.25, 0.3) is 0 Å². The minimum atomic E-state index is -1.03. The van der Waals surface area contributed by atoms with Crippen molar-refractivity contribution < 1.29 is 15.3 Å². The Hall–Kier alpha value is -0.820. The molecule has 4 rings (SSSR count). The molecular formula is C21H30O3. The van der Waals surface area contributed by atoms with E-state index in [-0.39, 0.29) is 28.8 Å². The van der Waals surface area contributed by atoms with E-state index in [1.807, 2.05) is 6.08 Å². The van der Waals surface area contributed by atoms with Crippen molar-refractivity contribution >= 4 is 0 Å². The van der Waals surface area contributed by atoms with E-state index in [4.69, 9.17) is 6.42 Å². The lowest BCUT2D eigenvalue weighted by molar-refractivity contribution is -0.123. The van der Waals surface area contributed by atoms with Crippen LogP contribution in [-0.2, 0) is 0 Å². The van der Waals surface area contributed by atoms with Gasteiger partial charge in [-0.15, -0.1) is 6.42 Å². The third-order valence-corrected chi connectivity index (χ3v) is 8.49. The number of rotatable bonds is 0. The lowest BCUT2D eigenvalue weighted by atomic mass is 9.46. The van der Waals surface area contributed by atoms with E-state index in [1.165, 1.54) is 5.57 Å². The van der Waals surface area contributed by atoms with Gasteiger partial charge in [-0.3, -0.25) is 0 Å². The van der Waals surface area contributed by atoms with E-state index in [2.05, 4.69) is 19.8 Å². The van der Waals surface area contributed by atoms with E-state index in [1.54, 1.807) is 0 Å². The van der Waals surface area contributed by atoms with Gasteiger partial charge >= 0.3 is 0 Å². The topological polar surface area (TPSA) is 60.7 Å². The van der Waals surface area contributed by atoms with Crippen molar-refractivity contribution in [2.24, 2.45) is 28.6 Å². The van der Waals surface area contributed by atoms with E-state index < -0.39 is 11.7 Å². The van der Waals surface area contributed by atoms with Crippen molar-refractivity contribution in [3.63, 3.8) is 0 Å². The second-order valence-corrected chi connectivity index (χ2v) is 9.29. The molecule has 0 aromatic heterocycles. The maximum absolute atomic E-state index is 11.0. The van der Waals surface area contributed by atoms with Gasteiger partial charge in [0.05, 0.1) is 12.2 Å². The number of hydrogen-bond acceptors (Lipinski definition) is 3. The summed E-state index contributed by atoms with van der Waals surface area (Å²) in [6.07, 6.45) is 13.0. The molecule has 0 aliphatic heterocycles. The Balaban J connectivity index is 1.75. The van der Waals surface area contributed by atoms with Gasteiger partial charge in [-0.2, -0.15) is 0 Å². The number of terminal acetylenes is 1. The van der Waals surface area contributed by atoms with Gasteiger partial charge in [0, 0.05) is 5.41 Å². The predicted octanol–water partition coefficient (Wildman–Crippen LogP) is 2.65. The maximum atomic E-state index is 11.0. The molecule has 0 bridgehead atoms. The summed E-state index contributed by atoms with van der Waals surface area (Å²) in [5.74, 6) is 3.56. The molecule has 3 saturated carbocycles. The standard InChI is InChI=1S/C21H30O3/c1-4-21(24)10-7-16-18-15(6-9-20(16,21)3)19(2)8-5-14(22)11-13(19)12-17(18)23/h1,12,14-18,22-24H,5-11H2,2-3H3/t14-,15?,16?,17-,18?,19-,20-,21-/m0/s1. The summed E-state index contributed by atoms with van der Waals surface area (Å²) < 4.78 is 0. The zero-order valence-corrected chi connectivity index (χ0v) is 14.8. The molecule has 0 amide bonds. The zero-order chi connectivity index (χ0) is 17.3. The molecule has 0 saturated heterocycles. The summed E-state index contributed by atoms with van der Waals surface area (Å²) in [6.45, 7) is 4.47. The highest BCUT2D eigenvalue weighted by Crippen LogP contribution is 2.66. The fraction of sp³-hybridized carbons (Fsp3) is 0.810. The van der Waals surface area contributed by atoms with Crippen LogP contribution in [0.5, 0.6) is 0 Å². The van der Waals surface area contributed by atoms with Gasteiger partial charge in [0.2, 0.25) is 0 Å². The predicted molar refractivity (Wildman–Crippen MR) is 92.9 cm³/mol. The van der Waals surface area contributed by atoms with Crippen LogP contribution in [0.4, 0.5) is 0 Å². The summed E-state index contributed by atoms with van der Waals surface area (Å²) in [4.78, 5) is 0. The summed E-state index contributed by atoms with van der Waals surface area (Å²) in [7, 11) is 0. The Labute approximate surface area is 145 Å². The first-order chi connectivity index (χ1) is 11.2. The molecular weight excluding hydrogens is 300 g/mol. The number of aliphatic hydroxyl groups is 3. The second-order valence-electron chi connectivity index (χ2n) is 9.29. The lowest BCUT2D eigenvalue weighted by Crippen LogP contribution is -2.57. The molecule has 0 spiro atoms. The van der Waals surface area contributed by atoms with Crippen LogP contribution in [0.2, 0.25) is 0 Å². The largest absolute Gasteiger partial charge is 0.393 e. The normalized spacial score (nSPS) is 56.5. The lowest BCUT2D eigenvalue weighted by Gasteiger charge is -2.59. The average molecular weight is 330 g/mol. The van der Waals surface area contributed by atoms with Crippen molar-refractivity contribution in [3.8, 4) is 12.3 Å². The van der Waals surface area contributed by atoms with Gasteiger partial charge in [-0.25, -0.2) is 0 Å². The van der Waals surface area contributed by atoms with Crippen molar-refractivity contribution in [1.82, 2.24) is 0 Å². The third-order valence-electron chi connectivity index (χ3n) is 8.49. The van der Waals surface area contributed by atoms with Gasteiger partial charge in [-0.05, 0) is 68.1 Å². The fourth-order valence-corrected chi connectivity index (χ4v) is 6.88. The minimum absolute atomic E-state index is 0.0846. The summed E-state index contributed by atoms with van der Waals surface area (Å²) in [6, 6.07) is 0. The highest BCUT2D eigenvalue weighted by molar-refractivity contribution is 5.30. The van der Waals surface area contributed by atoms with Crippen LogP contribution in [-0.4, -0.2) is 33.1 Å². The Morgan fingerprint density at radius 2 is 1.79 bits per heavy atom. The van der Waals surface area contributed by atoms with Crippen LogP contribution in [0.3, 0.4) is 0 Å². The molecule has 4 aliphatic carbocycles. The monoisotopic (exact) mass is 330 g/mol. The van der Waals surface area contributed by atoms with Crippen LogP contribution < -0.4 is 0 Å². The maximum Gasteiger partial charge on any atom is 0.130 e. The molecule has 3 unspecified atom stereocenters. The van der Waals surface area contributed by atoms with Gasteiger partial charge in [0.1, 0.15) is 5.60 Å². The smallest absolute Gasteiger partial charge is 0.130 e.